The Balaban J connectivity index is 2.06. The Bertz CT molecular complexity index is 398. The fourth-order valence-electron chi connectivity index (χ4n) is 2.47. The smallest absolute Gasteiger partial charge is 0.119 e. The molecule has 2 nitrogen and oxygen atoms in total. The van der Waals surface area contributed by atoms with Crippen LogP contribution in [0, 0.1) is 0 Å². The van der Waals surface area contributed by atoms with Crippen molar-refractivity contribution in [2.45, 2.75) is 31.7 Å². The first-order valence-electron chi connectivity index (χ1n) is 6.32. The van der Waals surface area contributed by atoms with Gasteiger partial charge in [0.05, 0.1) is 7.11 Å². The zero-order valence-corrected chi connectivity index (χ0v) is 10.7. The summed E-state index contributed by atoms with van der Waals surface area (Å²) in [6, 6.07) is 8.82. The first-order valence-corrected chi connectivity index (χ1v) is 6.32. The molecule has 0 heterocycles. The molecule has 1 aromatic carbocycles. The first kappa shape index (κ1) is 12.2. The first-order chi connectivity index (χ1) is 8.33. The second-order valence-electron chi connectivity index (χ2n) is 4.57. The standard InChI is InChI=1S/C15H21NO/c1-16-15(13-7-3-4-8-13)11-12-6-5-9-14(10-12)17-2/h5-7,9-10,15-16H,3-4,8,11H2,1-2H3. The van der Waals surface area contributed by atoms with Gasteiger partial charge < -0.3 is 10.1 Å². The molecule has 17 heavy (non-hydrogen) atoms. The number of methoxy groups -OCH3 is 1. The van der Waals surface area contributed by atoms with E-state index in [0.29, 0.717) is 6.04 Å². The van der Waals surface area contributed by atoms with Gasteiger partial charge in [0.25, 0.3) is 0 Å². The quantitative estimate of drug-likeness (QED) is 0.787. The molecule has 0 fully saturated rings. The lowest BCUT2D eigenvalue weighted by molar-refractivity contribution is 0.414. The van der Waals surface area contributed by atoms with Crippen LogP contribution in [0.3, 0.4) is 0 Å². The fourth-order valence-corrected chi connectivity index (χ4v) is 2.47. The van der Waals surface area contributed by atoms with Crippen LogP contribution in [0.5, 0.6) is 5.75 Å². The molecule has 0 bridgehead atoms. The van der Waals surface area contributed by atoms with E-state index >= 15 is 0 Å². The van der Waals surface area contributed by atoms with Crippen molar-refractivity contribution in [3.05, 3.63) is 41.5 Å². The van der Waals surface area contributed by atoms with Crippen LogP contribution in [0.15, 0.2) is 35.9 Å². The van der Waals surface area contributed by atoms with Crippen molar-refractivity contribution in [3.8, 4) is 5.75 Å². The van der Waals surface area contributed by atoms with E-state index in [1.807, 2.05) is 13.1 Å². The van der Waals surface area contributed by atoms with Gasteiger partial charge in [0.15, 0.2) is 0 Å². The summed E-state index contributed by atoms with van der Waals surface area (Å²) in [4.78, 5) is 0. The van der Waals surface area contributed by atoms with Gasteiger partial charge in [-0.05, 0) is 50.4 Å². The maximum absolute atomic E-state index is 5.26. The van der Waals surface area contributed by atoms with E-state index in [-0.39, 0.29) is 0 Å². The summed E-state index contributed by atoms with van der Waals surface area (Å²) in [5.74, 6) is 0.942. The summed E-state index contributed by atoms with van der Waals surface area (Å²) in [5.41, 5.74) is 2.90. The average molecular weight is 231 g/mol. The zero-order chi connectivity index (χ0) is 12.1. The van der Waals surface area contributed by atoms with Crippen molar-refractivity contribution in [2.75, 3.05) is 14.2 Å². The van der Waals surface area contributed by atoms with Crippen LogP contribution in [-0.4, -0.2) is 20.2 Å². The molecule has 0 spiro atoms. The topological polar surface area (TPSA) is 21.3 Å². The van der Waals surface area contributed by atoms with Crippen molar-refractivity contribution < 1.29 is 4.74 Å². The van der Waals surface area contributed by atoms with Gasteiger partial charge in [0.1, 0.15) is 5.75 Å². The normalized spacial score (nSPS) is 16.7. The molecular weight excluding hydrogens is 210 g/mol. The third-order valence-electron chi connectivity index (χ3n) is 3.45. The molecule has 1 aliphatic rings. The largest absolute Gasteiger partial charge is 0.497 e. The lowest BCUT2D eigenvalue weighted by atomic mass is 9.98. The molecule has 1 aliphatic carbocycles. The van der Waals surface area contributed by atoms with Gasteiger partial charge in [-0.3, -0.25) is 0 Å². The minimum atomic E-state index is 0.476. The van der Waals surface area contributed by atoms with Gasteiger partial charge in [0.2, 0.25) is 0 Å². The van der Waals surface area contributed by atoms with Gasteiger partial charge in [-0.15, -0.1) is 0 Å². The fraction of sp³-hybridized carbons (Fsp3) is 0.467. The van der Waals surface area contributed by atoms with E-state index in [1.165, 1.54) is 24.8 Å². The van der Waals surface area contributed by atoms with Crippen molar-refractivity contribution in [1.82, 2.24) is 5.32 Å². The molecule has 1 N–H and O–H groups in total. The predicted molar refractivity (Wildman–Crippen MR) is 71.5 cm³/mol. The number of benzene rings is 1. The second kappa shape index (κ2) is 5.87. The van der Waals surface area contributed by atoms with Gasteiger partial charge in [-0.25, -0.2) is 0 Å². The molecule has 0 aliphatic heterocycles. The van der Waals surface area contributed by atoms with Crippen molar-refractivity contribution in [2.24, 2.45) is 0 Å². The number of rotatable bonds is 5. The molecule has 1 atom stereocenters. The van der Waals surface area contributed by atoms with E-state index in [2.05, 4.69) is 29.6 Å². The van der Waals surface area contributed by atoms with Crippen molar-refractivity contribution in [1.29, 1.82) is 0 Å². The van der Waals surface area contributed by atoms with Gasteiger partial charge in [0, 0.05) is 6.04 Å². The molecule has 0 amide bonds. The molecule has 2 rings (SSSR count). The molecular formula is C15H21NO. The van der Waals surface area contributed by atoms with Crippen molar-refractivity contribution in [3.63, 3.8) is 0 Å². The Labute approximate surface area is 104 Å². The molecule has 0 radical (unpaired) electrons. The molecule has 0 saturated heterocycles. The maximum atomic E-state index is 5.26. The average Bonchev–Trinajstić information content (AvgIpc) is 2.90. The SMILES string of the molecule is CNC(Cc1cccc(OC)c1)C1=CCCC1. The number of nitrogens with one attached hydrogen (secondary N) is 1. The van der Waals surface area contributed by atoms with Gasteiger partial charge >= 0.3 is 0 Å². The van der Waals surface area contributed by atoms with Crippen LogP contribution in [0.2, 0.25) is 0 Å². The van der Waals surface area contributed by atoms with Crippen LogP contribution in [0.1, 0.15) is 24.8 Å². The molecule has 92 valence electrons. The molecule has 0 saturated carbocycles. The molecule has 2 heteroatoms. The summed E-state index contributed by atoms with van der Waals surface area (Å²) in [5, 5.41) is 3.42. The zero-order valence-electron chi connectivity index (χ0n) is 10.7. The Morgan fingerprint density at radius 1 is 1.41 bits per heavy atom. The van der Waals surface area contributed by atoms with E-state index in [0.717, 1.165) is 12.2 Å². The van der Waals surface area contributed by atoms with Gasteiger partial charge in [-0.2, -0.15) is 0 Å². The Morgan fingerprint density at radius 2 is 2.29 bits per heavy atom. The summed E-state index contributed by atoms with van der Waals surface area (Å²) in [6.07, 6.45) is 7.23. The van der Waals surface area contributed by atoms with E-state index < -0.39 is 0 Å². The number of allylic oxidation sites excluding steroid dienone is 1. The maximum Gasteiger partial charge on any atom is 0.119 e. The van der Waals surface area contributed by atoms with Crippen LogP contribution >= 0.6 is 0 Å². The van der Waals surface area contributed by atoms with Crippen molar-refractivity contribution >= 4 is 0 Å². The second-order valence-corrected chi connectivity index (χ2v) is 4.57. The van der Waals surface area contributed by atoms with Gasteiger partial charge in [-0.1, -0.05) is 23.8 Å². The monoisotopic (exact) mass is 231 g/mol. The third kappa shape index (κ3) is 3.10. The lowest BCUT2D eigenvalue weighted by Gasteiger charge is -2.18. The summed E-state index contributed by atoms with van der Waals surface area (Å²) in [6.45, 7) is 0. The molecule has 1 aromatic rings. The third-order valence-corrected chi connectivity index (χ3v) is 3.45. The lowest BCUT2D eigenvalue weighted by Crippen LogP contribution is -2.29. The minimum absolute atomic E-state index is 0.476. The Morgan fingerprint density at radius 3 is 2.94 bits per heavy atom. The van der Waals surface area contributed by atoms with Crippen LogP contribution in [-0.2, 0) is 6.42 Å². The van der Waals surface area contributed by atoms with E-state index in [9.17, 15) is 0 Å². The van der Waals surface area contributed by atoms with Crippen LogP contribution < -0.4 is 10.1 Å². The Hall–Kier alpha value is -1.28. The Kier molecular flexibility index (Phi) is 4.21. The molecule has 1 unspecified atom stereocenters. The number of likely N-dealkylation sites (N-methyl/N-ethyl adjacent to an activating group) is 1. The highest BCUT2D eigenvalue weighted by molar-refractivity contribution is 5.30. The van der Waals surface area contributed by atoms with Crippen LogP contribution in [0.4, 0.5) is 0 Å². The highest BCUT2D eigenvalue weighted by Crippen LogP contribution is 2.23. The minimum Gasteiger partial charge on any atom is -0.497 e. The number of hydrogen-bond acceptors (Lipinski definition) is 2. The number of ether oxygens (including phenoxy) is 1. The van der Waals surface area contributed by atoms with E-state index in [1.54, 1.807) is 12.7 Å². The summed E-state index contributed by atoms with van der Waals surface area (Å²) >= 11 is 0. The summed E-state index contributed by atoms with van der Waals surface area (Å²) in [7, 11) is 3.76. The highest BCUT2D eigenvalue weighted by atomic mass is 16.5. The van der Waals surface area contributed by atoms with Crippen LogP contribution in [0.25, 0.3) is 0 Å². The predicted octanol–water partition coefficient (Wildman–Crippen LogP) is 2.94. The highest BCUT2D eigenvalue weighted by Gasteiger charge is 2.15. The summed E-state index contributed by atoms with van der Waals surface area (Å²) < 4.78 is 5.26. The number of hydrogen-bond donors (Lipinski definition) is 1. The molecule has 0 aromatic heterocycles. The van der Waals surface area contributed by atoms with E-state index in [4.69, 9.17) is 4.74 Å².